The molecule has 0 aromatic rings. The number of urea groups is 1. The first-order chi connectivity index (χ1) is 7.09. The maximum Gasteiger partial charge on any atom is 0.314 e. The molecule has 0 saturated carbocycles. The number of alkyl halides is 2. The van der Waals surface area contributed by atoms with E-state index in [2.05, 4.69) is 16.0 Å². The second-order valence-electron chi connectivity index (χ2n) is 4.17. The van der Waals surface area contributed by atoms with Crippen molar-refractivity contribution in [3.05, 3.63) is 0 Å². The molecule has 0 aromatic carbocycles. The van der Waals surface area contributed by atoms with Crippen LogP contribution in [0.25, 0.3) is 0 Å². The summed E-state index contributed by atoms with van der Waals surface area (Å²) in [5.41, 5.74) is 0. The van der Waals surface area contributed by atoms with Crippen LogP contribution >= 0.6 is 0 Å². The first-order valence-corrected chi connectivity index (χ1v) is 5.20. The molecular formula is C9H15F2N3O. The minimum Gasteiger partial charge on any atom is -0.338 e. The monoisotopic (exact) mass is 219 g/mol. The Kier molecular flexibility index (Phi) is 2.77. The molecule has 0 bridgehead atoms. The fourth-order valence-corrected chi connectivity index (χ4v) is 2.23. The second-order valence-corrected chi connectivity index (χ2v) is 4.17. The summed E-state index contributed by atoms with van der Waals surface area (Å²) in [5, 5.41) is 8.09. The lowest BCUT2D eigenvalue weighted by Crippen LogP contribution is -2.57. The number of amides is 2. The van der Waals surface area contributed by atoms with Crippen LogP contribution in [0.2, 0.25) is 0 Å². The maximum absolute atomic E-state index is 13.6. The number of nitrogens with one attached hydrogen (secondary N) is 3. The highest BCUT2D eigenvalue weighted by molar-refractivity contribution is 5.74. The van der Waals surface area contributed by atoms with E-state index in [-0.39, 0.29) is 18.4 Å². The van der Waals surface area contributed by atoms with Crippen molar-refractivity contribution in [1.29, 1.82) is 0 Å². The smallest absolute Gasteiger partial charge is 0.314 e. The zero-order chi connectivity index (χ0) is 10.9. The van der Waals surface area contributed by atoms with Gasteiger partial charge in [0.05, 0.1) is 0 Å². The van der Waals surface area contributed by atoms with E-state index in [9.17, 15) is 13.6 Å². The minimum atomic E-state index is -2.61. The molecule has 3 N–H and O–H groups in total. The first kappa shape index (κ1) is 10.6. The molecule has 1 atom stereocenters. The maximum atomic E-state index is 13.6. The van der Waals surface area contributed by atoms with Gasteiger partial charge in [-0.1, -0.05) is 0 Å². The van der Waals surface area contributed by atoms with Crippen molar-refractivity contribution in [3.8, 4) is 0 Å². The molecule has 0 aliphatic carbocycles. The van der Waals surface area contributed by atoms with E-state index in [1.165, 1.54) is 0 Å². The summed E-state index contributed by atoms with van der Waals surface area (Å²) in [5.74, 6) is -3.48. The molecular weight excluding hydrogens is 204 g/mol. The van der Waals surface area contributed by atoms with Crippen LogP contribution in [0.4, 0.5) is 13.6 Å². The third-order valence-electron chi connectivity index (χ3n) is 3.16. The molecule has 0 radical (unpaired) electrons. The van der Waals surface area contributed by atoms with Gasteiger partial charge < -0.3 is 16.0 Å². The summed E-state index contributed by atoms with van der Waals surface area (Å²) in [6.45, 7) is 1.38. The summed E-state index contributed by atoms with van der Waals surface area (Å²) < 4.78 is 27.1. The van der Waals surface area contributed by atoms with E-state index in [1.54, 1.807) is 0 Å². The van der Waals surface area contributed by atoms with Crippen LogP contribution in [0.3, 0.4) is 0 Å². The summed E-state index contributed by atoms with van der Waals surface area (Å²) in [6, 6.07) is -0.265. The summed E-state index contributed by atoms with van der Waals surface area (Å²) in [6.07, 6.45) is -0.109. The molecule has 2 amide bonds. The highest BCUT2D eigenvalue weighted by Crippen LogP contribution is 2.35. The van der Waals surface area contributed by atoms with Gasteiger partial charge in [-0.3, -0.25) is 0 Å². The van der Waals surface area contributed by atoms with Crippen molar-refractivity contribution < 1.29 is 13.6 Å². The number of carbonyl (C=O) groups excluding carboxylic acids is 1. The Hall–Kier alpha value is -0.910. The Morgan fingerprint density at radius 3 is 2.47 bits per heavy atom. The molecule has 4 nitrogen and oxygen atoms in total. The number of carbonyl (C=O) groups is 1. The number of hydrogen-bond acceptors (Lipinski definition) is 2. The number of rotatable bonds is 1. The van der Waals surface area contributed by atoms with E-state index in [1.807, 2.05) is 0 Å². The third-order valence-corrected chi connectivity index (χ3v) is 3.16. The topological polar surface area (TPSA) is 53.2 Å². The summed E-state index contributed by atoms with van der Waals surface area (Å²) in [4.78, 5) is 10.8. The van der Waals surface area contributed by atoms with Crippen molar-refractivity contribution in [1.82, 2.24) is 16.0 Å². The predicted molar refractivity (Wildman–Crippen MR) is 50.8 cm³/mol. The lowest BCUT2D eigenvalue weighted by Gasteiger charge is -2.39. The van der Waals surface area contributed by atoms with Crippen LogP contribution in [0, 0.1) is 11.8 Å². The van der Waals surface area contributed by atoms with Crippen molar-refractivity contribution in [2.75, 3.05) is 26.2 Å². The Bertz CT molecular complexity index is 250. The van der Waals surface area contributed by atoms with E-state index in [0.717, 1.165) is 0 Å². The largest absolute Gasteiger partial charge is 0.338 e. The standard InChI is InChI=1S/C9H15F2N3O/c10-9(11)1-2-12-5-7(9)6-3-13-8(15)14-4-6/h6-7,12H,1-5H2,(H2,13,14,15). The van der Waals surface area contributed by atoms with Crippen LogP contribution in [-0.4, -0.2) is 38.1 Å². The van der Waals surface area contributed by atoms with Gasteiger partial charge in [-0.05, 0) is 0 Å². The fraction of sp³-hybridized carbons (Fsp3) is 0.889. The first-order valence-electron chi connectivity index (χ1n) is 5.20. The van der Waals surface area contributed by atoms with Crippen molar-refractivity contribution in [3.63, 3.8) is 0 Å². The van der Waals surface area contributed by atoms with Crippen LogP contribution in [0.1, 0.15) is 6.42 Å². The minimum absolute atomic E-state index is 0.109. The van der Waals surface area contributed by atoms with Gasteiger partial charge in [0, 0.05) is 44.4 Å². The van der Waals surface area contributed by atoms with E-state index in [0.29, 0.717) is 26.2 Å². The van der Waals surface area contributed by atoms with Crippen LogP contribution in [0.15, 0.2) is 0 Å². The van der Waals surface area contributed by atoms with E-state index in [4.69, 9.17) is 0 Å². The van der Waals surface area contributed by atoms with E-state index >= 15 is 0 Å². The average molecular weight is 219 g/mol. The molecule has 2 aliphatic rings. The lowest BCUT2D eigenvalue weighted by molar-refractivity contribution is -0.0985. The molecule has 0 aromatic heterocycles. The fourth-order valence-electron chi connectivity index (χ4n) is 2.23. The van der Waals surface area contributed by atoms with Crippen LogP contribution in [0.5, 0.6) is 0 Å². The van der Waals surface area contributed by atoms with Gasteiger partial charge in [0.15, 0.2) is 0 Å². The molecule has 2 saturated heterocycles. The van der Waals surface area contributed by atoms with Gasteiger partial charge in [0.1, 0.15) is 0 Å². The van der Waals surface area contributed by atoms with Crippen LogP contribution < -0.4 is 16.0 Å². The SMILES string of the molecule is O=C1NCC(C2CNCCC2(F)F)CN1. The Balaban J connectivity index is 1.99. The zero-order valence-corrected chi connectivity index (χ0v) is 8.35. The Morgan fingerprint density at radius 2 is 1.87 bits per heavy atom. The second kappa shape index (κ2) is 3.92. The molecule has 86 valence electrons. The van der Waals surface area contributed by atoms with Gasteiger partial charge in [-0.2, -0.15) is 0 Å². The molecule has 2 heterocycles. The van der Waals surface area contributed by atoms with Gasteiger partial charge in [-0.15, -0.1) is 0 Å². The number of halogens is 2. The van der Waals surface area contributed by atoms with Crippen molar-refractivity contribution in [2.24, 2.45) is 11.8 Å². The highest BCUT2D eigenvalue weighted by atomic mass is 19.3. The normalized spacial score (nSPS) is 31.9. The third kappa shape index (κ3) is 2.19. The molecule has 0 spiro atoms. The number of piperidine rings is 1. The quantitative estimate of drug-likeness (QED) is 0.588. The van der Waals surface area contributed by atoms with Gasteiger partial charge in [0.2, 0.25) is 0 Å². The Morgan fingerprint density at radius 1 is 1.20 bits per heavy atom. The molecule has 2 rings (SSSR count). The molecule has 6 heteroatoms. The average Bonchev–Trinajstić information content (AvgIpc) is 2.19. The van der Waals surface area contributed by atoms with Gasteiger partial charge in [-0.25, -0.2) is 13.6 Å². The van der Waals surface area contributed by atoms with E-state index < -0.39 is 11.8 Å². The summed E-state index contributed by atoms with van der Waals surface area (Å²) in [7, 11) is 0. The predicted octanol–water partition coefficient (Wildman–Crippen LogP) is 0.160. The Labute approximate surface area is 86.8 Å². The molecule has 1 unspecified atom stereocenters. The molecule has 2 fully saturated rings. The van der Waals surface area contributed by atoms with Gasteiger partial charge >= 0.3 is 6.03 Å². The zero-order valence-electron chi connectivity index (χ0n) is 8.35. The van der Waals surface area contributed by atoms with Crippen molar-refractivity contribution >= 4 is 6.03 Å². The number of hydrogen-bond donors (Lipinski definition) is 3. The molecule has 15 heavy (non-hydrogen) atoms. The van der Waals surface area contributed by atoms with Gasteiger partial charge in [0.25, 0.3) is 5.92 Å². The van der Waals surface area contributed by atoms with Crippen LogP contribution in [-0.2, 0) is 0 Å². The summed E-state index contributed by atoms with van der Waals surface area (Å²) >= 11 is 0. The van der Waals surface area contributed by atoms with Crippen molar-refractivity contribution in [2.45, 2.75) is 12.3 Å². The lowest BCUT2D eigenvalue weighted by atomic mass is 9.82. The molecule has 2 aliphatic heterocycles. The highest BCUT2D eigenvalue weighted by Gasteiger charge is 2.46.